The highest BCUT2D eigenvalue weighted by Crippen LogP contribution is 2.25. The van der Waals surface area contributed by atoms with Crippen LogP contribution in [-0.2, 0) is 15.8 Å². The summed E-state index contributed by atoms with van der Waals surface area (Å²) in [6, 6.07) is 6.99. The van der Waals surface area contributed by atoms with Crippen LogP contribution in [0, 0.1) is 0 Å². The Morgan fingerprint density at radius 3 is 2.48 bits per heavy atom. The van der Waals surface area contributed by atoms with Crippen molar-refractivity contribution in [3.63, 3.8) is 0 Å². The molecule has 0 radical (unpaired) electrons. The number of benzene rings is 1. The van der Waals surface area contributed by atoms with Gasteiger partial charge in [-0.2, -0.15) is 0 Å². The van der Waals surface area contributed by atoms with E-state index in [1.165, 1.54) is 0 Å². The van der Waals surface area contributed by atoms with Crippen LogP contribution in [0.2, 0.25) is 0 Å². The number of aromatic nitrogens is 2. The first-order chi connectivity index (χ1) is 12.0. The molecular formula is C17H22N4O3S. The van der Waals surface area contributed by atoms with Gasteiger partial charge in [0, 0.05) is 44.1 Å². The van der Waals surface area contributed by atoms with E-state index >= 15 is 0 Å². The smallest absolute Gasteiger partial charge is 0.251 e. The van der Waals surface area contributed by atoms with Crippen LogP contribution in [0.3, 0.4) is 0 Å². The lowest BCUT2D eigenvalue weighted by molar-refractivity contribution is 0.0963. The van der Waals surface area contributed by atoms with Gasteiger partial charge in [0.25, 0.3) is 5.91 Å². The number of carbonyl (C=O) groups excluding carboxylic acids is 1. The van der Waals surface area contributed by atoms with E-state index in [2.05, 4.69) is 10.3 Å². The molecule has 25 heavy (non-hydrogen) atoms. The highest BCUT2D eigenvalue weighted by Gasteiger charge is 2.28. The molecule has 0 spiro atoms. The molecule has 0 unspecified atom stereocenters. The third-order valence-electron chi connectivity index (χ3n) is 4.56. The van der Waals surface area contributed by atoms with E-state index in [-0.39, 0.29) is 11.7 Å². The Kier molecular flexibility index (Phi) is 5.19. The van der Waals surface area contributed by atoms with Crippen LogP contribution in [0.15, 0.2) is 43.0 Å². The Balaban J connectivity index is 1.61. The molecule has 8 heteroatoms. The van der Waals surface area contributed by atoms with Gasteiger partial charge in [0.15, 0.2) is 0 Å². The fraction of sp³-hybridized carbons (Fsp3) is 0.412. The molecule has 0 saturated carbocycles. The largest absolute Gasteiger partial charge is 0.355 e. The number of carbonyl (C=O) groups is 1. The minimum atomic E-state index is -3.36. The highest BCUT2D eigenvalue weighted by atomic mass is 32.2. The van der Waals surface area contributed by atoms with Gasteiger partial charge in [0.05, 0.1) is 12.1 Å². The van der Waals surface area contributed by atoms with Crippen molar-refractivity contribution in [2.75, 3.05) is 20.1 Å². The van der Waals surface area contributed by atoms with Crippen molar-refractivity contribution >= 4 is 15.9 Å². The summed E-state index contributed by atoms with van der Waals surface area (Å²) >= 11 is 0. The Morgan fingerprint density at radius 1 is 1.24 bits per heavy atom. The second-order valence-corrected chi connectivity index (χ2v) is 8.14. The van der Waals surface area contributed by atoms with Gasteiger partial charge in [-0.3, -0.25) is 4.79 Å². The maximum atomic E-state index is 12.7. The molecular weight excluding hydrogens is 340 g/mol. The quantitative estimate of drug-likeness (QED) is 0.872. The topological polar surface area (TPSA) is 84.3 Å². The van der Waals surface area contributed by atoms with Gasteiger partial charge in [-0.1, -0.05) is 12.1 Å². The lowest BCUT2D eigenvalue weighted by atomic mass is 10.1. The summed E-state index contributed by atoms with van der Waals surface area (Å²) < 4.78 is 28.9. The normalized spacial score (nSPS) is 16.7. The van der Waals surface area contributed by atoms with Crippen molar-refractivity contribution in [3.05, 3.63) is 54.1 Å². The molecule has 1 N–H and O–H groups in total. The predicted octanol–water partition coefficient (Wildman–Crippen LogP) is 1.41. The monoisotopic (exact) mass is 362 g/mol. The summed E-state index contributed by atoms with van der Waals surface area (Å²) in [4.78, 5) is 15.6. The second kappa shape index (κ2) is 7.37. The molecule has 1 aromatic heterocycles. The maximum Gasteiger partial charge on any atom is 0.251 e. The zero-order chi connectivity index (χ0) is 17.9. The third-order valence-corrected chi connectivity index (χ3v) is 6.41. The van der Waals surface area contributed by atoms with E-state index in [9.17, 15) is 13.2 Å². The lowest BCUT2D eigenvalue weighted by Gasteiger charge is -2.31. The number of sulfonamides is 1. The average Bonchev–Trinajstić information content (AvgIpc) is 3.16. The van der Waals surface area contributed by atoms with Gasteiger partial charge in [-0.25, -0.2) is 17.7 Å². The molecule has 2 heterocycles. The molecule has 0 aliphatic carbocycles. The maximum absolute atomic E-state index is 12.7. The summed E-state index contributed by atoms with van der Waals surface area (Å²) in [5, 5.41) is 2.54. The fourth-order valence-corrected chi connectivity index (χ4v) is 4.67. The van der Waals surface area contributed by atoms with Crippen molar-refractivity contribution in [3.8, 4) is 0 Å². The number of nitrogens with zero attached hydrogens (tertiary/aromatic N) is 3. The molecule has 1 aliphatic heterocycles. The molecule has 2 aromatic rings. The van der Waals surface area contributed by atoms with Gasteiger partial charge < -0.3 is 9.88 Å². The molecule has 134 valence electrons. The Bertz CT molecular complexity index is 808. The van der Waals surface area contributed by atoms with Crippen LogP contribution in [0.25, 0.3) is 0 Å². The number of hydrogen-bond donors (Lipinski definition) is 1. The van der Waals surface area contributed by atoms with Gasteiger partial charge in [0.2, 0.25) is 10.0 Å². The minimum Gasteiger partial charge on any atom is -0.355 e. The van der Waals surface area contributed by atoms with Crippen LogP contribution < -0.4 is 5.32 Å². The zero-order valence-electron chi connectivity index (χ0n) is 14.1. The molecule has 0 bridgehead atoms. The summed E-state index contributed by atoms with van der Waals surface area (Å²) in [5.74, 6) is -0.229. The van der Waals surface area contributed by atoms with Crippen LogP contribution in [0.5, 0.6) is 0 Å². The van der Waals surface area contributed by atoms with Crippen molar-refractivity contribution in [2.45, 2.75) is 24.6 Å². The number of piperidine rings is 1. The van der Waals surface area contributed by atoms with Crippen molar-refractivity contribution in [1.82, 2.24) is 19.2 Å². The summed E-state index contributed by atoms with van der Waals surface area (Å²) in [6.07, 6.45) is 7.01. The van der Waals surface area contributed by atoms with Gasteiger partial charge in [-0.15, -0.1) is 0 Å². The number of hydrogen-bond acceptors (Lipinski definition) is 4. The Hall–Kier alpha value is -2.19. The molecule has 1 amide bonds. The molecule has 1 saturated heterocycles. The third kappa shape index (κ3) is 4.08. The predicted molar refractivity (Wildman–Crippen MR) is 94.5 cm³/mol. The van der Waals surface area contributed by atoms with Crippen molar-refractivity contribution in [1.29, 1.82) is 0 Å². The van der Waals surface area contributed by atoms with Crippen molar-refractivity contribution < 1.29 is 13.2 Å². The first-order valence-corrected chi connectivity index (χ1v) is 9.87. The summed E-state index contributed by atoms with van der Waals surface area (Å²) in [6.45, 7) is 1.03. The highest BCUT2D eigenvalue weighted by molar-refractivity contribution is 7.88. The first kappa shape index (κ1) is 17.6. The van der Waals surface area contributed by atoms with E-state index < -0.39 is 10.0 Å². The SMILES string of the molecule is CNC(=O)c1ccc(CS(=O)(=O)N2CCC(n3ccnc3)CC2)cc1. The molecule has 1 aromatic carbocycles. The number of nitrogens with one attached hydrogen (secondary N) is 1. The standard InChI is InChI=1S/C17H22N4O3S/c1-18-17(22)15-4-2-14(3-5-15)12-25(23,24)21-9-6-16(7-10-21)20-11-8-19-13-20/h2-5,8,11,13,16H,6-7,9-10,12H2,1H3,(H,18,22). The molecule has 7 nitrogen and oxygen atoms in total. The fourth-order valence-electron chi connectivity index (χ4n) is 3.10. The first-order valence-electron chi connectivity index (χ1n) is 8.26. The van der Waals surface area contributed by atoms with E-state index in [0.29, 0.717) is 30.3 Å². The van der Waals surface area contributed by atoms with E-state index in [1.807, 2.05) is 10.8 Å². The molecule has 1 fully saturated rings. The van der Waals surface area contributed by atoms with Crippen molar-refractivity contribution in [2.24, 2.45) is 0 Å². The van der Waals surface area contributed by atoms with E-state index in [1.54, 1.807) is 48.1 Å². The second-order valence-electron chi connectivity index (χ2n) is 6.17. The number of imidazole rings is 1. The molecule has 3 rings (SSSR count). The summed E-state index contributed by atoms with van der Waals surface area (Å²) in [7, 11) is -1.80. The van der Waals surface area contributed by atoms with Gasteiger partial charge in [0.1, 0.15) is 0 Å². The van der Waals surface area contributed by atoms with Crippen LogP contribution in [-0.4, -0.2) is 48.3 Å². The van der Waals surface area contributed by atoms with Gasteiger partial charge in [-0.05, 0) is 30.5 Å². The Morgan fingerprint density at radius 2 is 1.92 bits per heavy atom. The summed E-state index contributed by atoms with van der Waals surface area (Å²) in [5.41, 5.74) is 1.20. The Labute approximate surface area is 147 Å². The lowest BCUT2D eigenvalue weighted by Crippen LogP contribution is -2.39. The number of amides is 1. The van der Waals surface area contributed by atoms with Gasteiger partial charge >= 0.3 is 0 Å². The van der Waals surface area contributed by atoms with Crippen LogP contribution in [0.4, 0.5) is 0 Å². The zero-order valence-corrected chi connectivity index (χ0v) is 14.9. The van der Waals surface area contributed by atoms with Crippen LogP contribution >= 0.6 is 0 Å². The van der Waals surface area contributed by atoms with E-state index in [4.69, 9.17) is 0 Å². The molecule has 1 aliphatic rings. The minimum absolute atomic E-state index is 0.0449. The van der Waals surface area contributed by atoms with E-state index in [0.717, 1.165) is 12.8 Å². The number of rotatable bonds is 5. The molecule has 0 atom stereocenters. The van der Waals surface area contributed by atoms with Crippen LogP contribution in [0.1, 0.15) is 34.8 Å². The average molecular weight is 362 g/mol.